The summed E-state index contributed by atoms with van der Waals surface area (Å²) in [6, 6.07) is 0. The van der Waals surface area contributed by atoms with Crippen LogP contribution in [0.15, 0.2) is 0 Å². The van der Waals surface area contributed by atoms with Gasteiger partial charge in [-0.25, -0.2) is 0 Å². The predicted molar refractivity (Wildman–Crippen MR) is 42.7 cm³/mol. The molecule has 72 valence electrons. The molecule has 1 aliphatic rings. The fraction of sp³-hybridized carbons (Fsp3) is 1.00. The Kier molecular flexibility index (Phi) is 3.94. The van der Waals surface area contributed by atoms with E-state index >= 15 is 0 Å². The highest BCUT2D eigenvalue weighted by Gasteiger charge is 2.42. The third-order valence-electron chi connectivity index (χ3n) is 1.94. The minimum absolute atomic E-state index is 0.0335. The van der Waals surface area contributed by atoms with Gasteiger partial charge in [0.2, 0.25) is 0 Å². The van der Waals surface area contributed by atoms with E-state index in [2.05, 4.69) is 0 Å². The number of hydrogen-bond donors (Lipinski definition) is 1. The van der Waals surface area contributed by atoms with Crippen molar-refractivity contribution < 1.29 is 19.3 Å². The van der Waals surface area contributed by atoms with E-state index in [1.807, 2.05) is 6.92 Å². The van der Waals surface area contributed by atoms with Gasteiger partial charge in [0.15, 0.2) is 0 Å². The molecular weight excluding hydrogens is 160 g/mol. The van der Waals surface area contributed by atoms with Gasteiger partial charge < -0.3 is 19.3 Å². The molecule has 1 saturated heterocycles. The zero-order valence-corrected chi connectivity index (χ0v) is 7.53. The Hall–Kier alpha value is -0.160. The molecule has 0 aliphatic carbocycles. The van der Waals surface area contributed by atoms with Crippen molar-refractivity contribution in [3.05, 3.63) is 0 Å². The molecular formula is C8H16O4. The van der Waals surface area contributed by atoms with Crippen LogP contribution in [0.2, 0.25) is 0 Å². The summed E-state index contributed by atoms with van der Waals surface area (Å²) in [7, 11) is 1.59. The summed E-state index contributed by atoms with van der Waals surface area (Å²) in [6.07, 6.45) is 0.206. The average molecular weight is 176 g/mol. The van der Waals surface area contributed by atoms with Crippen LogP contribution in [0.25, 0.3) is 0 Å². The Labute approximate surface area is 72.4 Å². The second-order valence-corrected chi connectivity index (χ2v) is 3.08. The van der Waals surface area contributed by atoms with Crippen LogP contribution in [0.5, 0.6) is 0 Å². The quantitative estimate of drug-likeness (QED) is 0.351. The largest absolute Gasteiger partial charge is 0.394 e. The number of methoxy groups -OCH3 is 1. The number of epoxide rings is 1. The molecule has 4 nitrogen and oxygen atoms in total. The van der Waals surface area contributed by atoms with Gasteiger partial charge in [0.1, 0.15) is 12.9 Å². The van der Waals surface area contributed by atoms with E-state index in [0.717, 1.165) is 0 Å². The number of hydrogen-bond acceptors (Lipinski definition) is 4. The molecule has 12 heavy (non-hydrogen) atoms. The van der Waals surface area contributed by atoms with Crippen LogP contribution in [0.3, 0.4) is 0 Å². The molecule has 1 rings (SSSR count). The van der Waals surface area contributed by atoms with E-state index in [4.69, 9.17) is 19.3 Å². The SMILES string of the molecule is COCOC[C@@H](C)[C@@H]1O[C@H]1CO. The van der Waals surface area contributed by atoms with Crippen LogP contribution in [0, 0.1) is 5.92 Å². The van der Waals surface area contributed by atoms with Crippen molar-refractivity contribution in [1.29, 1.82) is 0 Å². The molecule has 1 heterocycles. The fourth-order valence-corrected chi connectivity index (χ4v) is 1.22. The summed E-state index contributed by atoms with van der Waals surface area (Å²) in [6.45, 7) is 3.09. The molecule has 0 radical (unpaired) electrons. The van der Waals surface area contributed by atoms with E-state index in [1.54, 1.807) is 7.11 Å². The van der Waals surface area contributed by atoms with Gasteiger partial charge >= 0.3 is 0 Å². The van der Waals surface area contributed by atoms with E-state index in [9.17, 15) is 0 Å². The molecule has 0 bridgehead atoms. The molecule has 0 amide bonds. The standard InChI is InChI=1S/C8H16O4/c1-6(4-11-5-10-2)8-7(3-9)12-8/h6-9H,3-5H2,1-2H3/t6-,7+,8+/m1/s1. The molecule has 0 spiro atoms. The van der Waals surface area contributed by atoms with Gasteiger partial charge in [-0.2, -0.15) is 0 Å². The summed E-state index contributed by atoms with van der Waals surface area (Å²) < 4.78 is 15.1. The average Bonchev–Trinajstić information content (AvgIpc) is 2.83. The topological polar surface area (TPSA) is 51.2 Å². The van der Waals surface area contributed by atoms with Gasteiger partial charge in [0, 0.05) is 13.0 Å². The summed E-state index contributed by atoms with van der Waals surface area (Å²) in [5.41, 5.74) is 0. The minimum Gasteiger partial charge on any atom is -0.394 e. The monoisotopic (exact) mass is 176 g/mol. The highest BCUT2D eigenvalue weighted by atomic mass is 16.7. The van der Waals surface area contributed by atoms with Gasteiger partial charge in [-0.15, -0.1) is 0 Å². The first-order chi connectivity index (χ1) is 5.79. The van der Waals surface area contributed by atoms with Crippen LogP contribution in [0.4, 0.5) is 0 Å². The molecule has 1 aliphatic heterocycles. The molecule has 3 atom stereocenters. The zero-order valence-electron chi connectivity index (χ0n) is 7.53. The smallest absolute Gasteiger partial charge is 0.146 e. The number of aliphatic hydroxyl groups is 1. The molecule has 0 unspecified atom stereocenters. The second-order valence-electron chi connectivity index (χ2n) is 3.08. The van der Waals surface area contributed by atoms with Crippen molar-refractivity contribution in [2.75, 3.05) is 27.1 Å². The lowest BCUT2D eigenvalue weighted by Crippen LogP contribution is -2.16. The fourth-order valence-electron chi connectivity index (χ4n) is 1.22. The van der Waals surface area contributed by atoms with Gasteiger partial charge in [0.05, 0.1) is 19.3 Å². The molecule has 0 saturated carbocycles. The molecule has 0 aromatic rings. The second kappa shape index (κ2) is 4.77. The zero-order chi connectivity index (χ0) is 8.97. The van der Waals surface area contributed by atoms with Gasteiger partial charge in [0.25, 0.3) is 0 Å². The first-order valence-electron chi connectivity index (χ1n) is 4.12. The van der Waals surface area contributed by atoms with Crippen molar-refractivity contribution in [2.45, 2.75) is 19.1 Å². The first-order valence-corrected chi connectivity index (χ1v) is 4.12. The van der Waals surface area contributed by atoms with E-state index in [0.29, 0.717) is 19.3 Å². The van der Waals surface area contributed by atoms with Crippen molar-refractivity contribution in [1.82, 2.24) is 0 Å². The minimum atomic E-state index is 0.0335. The van der Waals surface area contributed by atoms with Gasteiger partial charge in [-0.3, -0.25) is 0 Å². The Bertz CT molecular complexity index is 128. The lowest BCUT2D eigenvalue weighted by atomic mass is 10.1. The van der Waals surface area contributed by atoms with Crippen LogP contribution >= 0.6 is 0 Å². The molecule has 1 N–H and O–H groups in total. The summed E-state index contributed by atoms with van der Waals surface area (Å²) >= 11 is 0. The first kappa shape index (κ1) is 9.92. The summed E-state index contributed by atoms with van der Waals surface area (Å²) in [5.74, 6) is 0.331. The molecule has 0 aromatic carbocycles. The highest BCUT2D eigenvalue weighted by molar-refractivity contribution is 4.87. The maximum Gasteiger partial charge on any atom is 0.146 e. The number of aliphatic hydroxyl groups excluding tert-OH is 1. The van der Waals surface area contributed by atoms with E-state index < -0.39 is 0 Å². The predicted octanol–water partition coefficient (Wildman–Crippen LogP) is 0.00270. The van der Waals surface area contributed by atoms with Gasteiger partial charge in [-0.05, 0) is 0 Å². The van der Waals surface area contributed by atoms with Crippen molar-refractivity contribution >= 4 is 0 Å². The normalized spacial score (nSPS) is 30.2. The van der Waals surface area contributed by atoms with Crippen LogP contribution in [-0.4, -0.2) is 44.4 Å². The van der Waals surface area contributed by atoms with Crippen molar-refractivity contribution in [3.63, 3.8) is 0 Å². The van der Waals surface area contributed by atoms with Crippen LogP contribution < -0.4 is 0 Å². The lowest BCUT2D eigenvalue weighted by Gasteiger charge is -2.07. The Morgan fingerprint density at radius 3 is 2.83 bits per heavy atom. The van der Waals surface area contributed by atoms with Crippen LogP contribution in [-0.2, 0) is 14.2 Å². The summed E-state index contributed by atoms with van der Waals surface area (Å²) in [5, 5.41) is 8.71. The molecule has 1 fully saturated rings. The number of rotatable bonds is 6. The molecule has 4 heteroatoms. The van der Waals surface area contributed by atoms with Crippen LogP contribution in [0.1, 0.15) is 6.92 Å². The third kappa shape index (κ3) is 2.71. The number of ether oxygens (including phenoxy) is 3. The maximum atomic E-state index is 8.71. The van der Waals surface area contributed by atoms with Crippen molar-refractivity contribution in [2.24, 2.45) is 5.92 Å². The van der Waals surface area contributed by atoms with E-state index in [1.165, 1.54) is 0 Å². The highest BCUT2D eigenvalue weighted by Crippen LogP contribution is 2.28. The lowest BCUT2D eigenvalue weighted by molar-refractivity contribution is -0.0439. The van der Waals surface area contributed by atoms with Gasteiger partial charge in [-0.1, -0.05) is 6.92 Å². The van der Waals surface area contributed by atoms with Crippen molar-refractivity contribution in [3.8, 4) is 0 Å². The Morgan fingerprint density at radius 1 is 1.58 bits per heavy atom. The Morgan fingerprint density at radius 2 is 2.33 bits per heavy atom. The molecule has 0 aromatic heterocycles. The van der Waals surface area contributed by atoms with E-state index in [-0.39, 0.29) is 18.8 Å². The Balaban J connectivity index is 2.01. The summed E-state index contributed by atoms with van der Waals surface area (Å²) in [4.78, 5) is 0. The third-order valence-corrected chi connectivity index (χ3v) is 1.94. The maximum absolute atomic E-state index is 8.71.